The summed E-state index contributed by atoms with van der Waals surface area (Å²) in [6, 6.07) is 0. The Balaban J connectivity index is 3.25. The molecule has 5 atom stereocenters. The van der Waals surface area contributed by atoms with Crippen molar-refractivity contribution in [3.63, 3.8) is 0 Å². The van der Waals surface area contributed by atoms with Gasteiger partial charge >= 0.3 is 243 Å². The van der Waals surface area contributed by atoms with Gasteiger partial charge in [-0.05, 0) is 0 Å². The fourth-order valence-corrected chi connectivity index (χ4v) is 8.62. The molecule has 0 aromatic rings. The summed E-state index contributed by atoms with van der Waals surface area (Å²) in [5.41, 5.74) is -0.871. The molecular formula is C17H41O20P5. The van der Waals surface area contributed by atoms with Crippen LogP contribution < -0.4 is 0 Å². The Bertz CT molecular complexity index is 963. The van der Waals surface area contributed by atoms with Gasteiger partial charge in [-0.25, -0.2) is 0 Å². The molecule has 0 amide bonds. The summed E-state index contributed by atoms with van der Waals surface area (Å²) < 4.78 is 91.5. The van der Waals surface area contributed by atoms with Crippen LogP contribution in [0.25, 0.3) is 0 Å². The van der Waals surface area contributed by atoms with Crippen LogP contribution in [-0.2, 0) is 59.0 Å². The second-order valence-corrected chi connectivity index (χ2v) is 16.9. The Labute approximate surface area is 243 Å². The Kier molecular flexibility index (Phi) is 18.8. The van der Waals surface area contributed by atoms with Crippen LogP contribution in [0.2, 0.25) is 0 Å². The molecule has 42 heavy (non-hydrogen) atoms. The van der Waals surface area contributed by atoms with E-state index >= 15 is 0 Å². The first-order chi connectivity index (χ1) is 19.4. The van der Waals surface area contributed by atoms with Crippen molar-refractivity contribution in [1.82, 2.24) is 0 Å². The zero-order valence-corrected chi connectivity index (χ0v) is 27.4. The van der Waals surface area contributed by atoms with Crippen LogP contribution in [0.5, 0.6) is 0 Å². The van der Waals surface area contributed by atoms with E-state index in [-0.39, 0.29) is 32.5 Å². The predicted octanol–water partition coefficient (Wildman–Crippen LogP) is 1.59. The minimum atomic E-state index is -5.00. The van der Waals surface area contributed by atoms with E-state index in [0.29, 0.717) is 6.42 Å². The summed E-state index contributed by atoms with van der Waals surface area (Å²) in [6.45, 7) is -3.98. The average Bonchev–Trinajstić information content (AvgIpc) is 2.87. The van der Waals surface area contributed by atoms with Gasteiger partial charge in [0.2, 0.25) is 0 Å². The Morgan fingerprint density at radius 3 is 1.79 bits per heavy atom. The van der Waals surface area contributed by atoms with E-state index in [0.717, 1.165) is 0 Å². The van der Waals surface area contributed by atoms with E-state index in [9.17, 15) is 37.8 Å². The Morgan fingerprint density at radius 2 is 1.33 bits per heavy atom. The Morgan fingerprint density at radius 1 is 0.857 bits per heavy atom. The quantitative estimate of drug-likeness (QED) is 0.131. The first-order valence-electron chi connectivity index (χ1n) is 12.6. The number of phosphoric ester groups is 4. The summed E-state index contributed by atoms with van der Waals surface area (Å²) in [5, 5.41) is 9.13. The standard InChI is InChI=1S/C17H41O20P5/c1-2-4-17-13-16(14-36-39(20,21)22)15-37-42(27,28)35-12-11-34-41(25,26)33-10-9-32-40(23,24)31-8-7-30-38(17,19)29-6-3-5-18/h16-19,38H,2-15H2,1H3,(H,23,24)(H,25,26)(H,27,28)(H2,20,21,22). The fraction of sp³-hybridized carbons (Fsp3) is 1.00. The molecule has 5 unspecified atom stereocenters. The molecule has 254 valence electrons. The van der Waals surface area contributed by atoms with E-state index in [2.05, 4.69) is 22.6 Å². The zero-order valence-electron chi connectivity index (χ0n) is 22.8. The van der Waals surface area contributed by atoms with Gasteiger partial charge in [-0.1, -0.05) is 0 Å². The molecule has 7 N–H and O–H groups in total. The molecule has 0 spiro atoms. The normalized spacial score (nSPS) is 34.7. The molecule has 1 rings (SSSR count). The molecule has 0 saturated carbocycles. The maximum absolute atomic E-state index is 12.4. The predicted molar refractivity (Wildman–Crippen MR) is 144 cm³/mol. The third-order valence-electron chi connectivity index (χ3n) is 5.17. The molecule has 1 saturated heterocycles. The van der Waals surface area contributed by atoms with Gasteiger partial charge in [0.25, 0.3) is 0 Å². The summed E-state index contributed by atoms with van der Waals surface area (Å²) in [6.07, 6.45) is 0.613. The van der Waals surface area contributed by atoms with E-state index in [4.69, 9.17) is 33.0 Å². The SMILES string of the molecule is CCCC1CC(COP(=O)(O)O)COP(=O)(O)OCCOP(=O)(O)OCCOP(=O)(O)OCCO[PH]1(O)OCCCO. The maximum atomic E-state index is 12.4. The van der Waals surface area contributed by atoms with Crippen molar-refractivity contribution < 1.29 is 93.4 Å². The zero-order chi connectivity index (χ0) is 31.9. The van der Waals surface area contributed by atoms with Crippen LogP contribution in [0.4, 0.5) is 0 Å². The summed E-state index contributed by atoms with van der Waals surface area (Å²) in [7, 11) is -23.5. The molecule has 0 bridgehead atoms. The molecular weight excluding hydrogens is 679 g/mol. The van der Waals surface area contributed by atoms with E-state index in [1.165, 1.54) is 0 Å². The second kappa shape index (κ2) is 19.4. The first-order valence-corrected chi connectivity index (χ1v) is 20.4. The van der Waals surface area contributed by atoms with Crippen molar-refractivity contribution in [2.75, 3.05) is 66.1 Å². The molecule has 0 aromatic carbocycles. The number of aliphatic hydroxyl groups excluding tert-OH is 1. The van der Waals surface area contributed by atoms with Crippen LogP contribution in [0.3, 0.4) is 0 Å². The molecule has 0 radical (unpaired) electrons. The second-order valence-electron chi connectivity index (χ2n) is 8.65. The van der Waals surface area contributed by atoms with Crippen molar-refractivity contribution >= 4 is 39.2 Å². The van der Waals surface area contributed by atoms with Crippen molar-refractivity contribution in [1.29, 1.82) is 0 Å². The molecule has 0 aromatic heterocycles. The number of rotatable bonds is 9. The molecule has 1 aliphatic rings. The molecule has 0 aliphatic carbocycles. The summed E-state index contributed by atoms with van der Waals surface area (Å²) in [4.78, 5) is 59.2. The van der Waals surface area contributed by atoms with Crippen molar-refractivity contribution in [3.05, 3.63) is 0 Å². The molecule has 25 heteroatoms. The summed E-state index contributed by atoms with van der Waals surface area (Å²) in [5.74, 6) is -1.05. The van der Waals surface area contributed by atoms with E-state index in [1.807, 2.05) is 0 Å². The fourth-order valence-electron chi connectivity index (χ4n) is 3.41. The van der Waals surface area contributed by atoms with Gasteiger partial charge in [0.1, 0.15) is 0 Å². The molecule has 1 heterocycles. The van der Waals surface area contributed by atoms with Crippen LogP contribution in [0, 0.1) is 5.92 Å². The van der Waals surface area contributed by atoms with Crippen LogP contribution >= 0.6 is 39.2 Å². The number of phosphoric acid groups is 4. The number of aliphatic hydroxyl groups is 1. The van der Waals surface area contributed by atoms with Crippen molar-refractivity contribution in [2.45, 2.75) is 38.3 Å². The van der Waals surface area contributed by atoms with Crippen LogP contribution in [0.15, 0.2) is 0 Å². The first kappa shape index (κ1) is 40.7. The third kappa shape index (κ3) is 18.6. The van der Waals surface area contributed by atoms with Crippen LogP contribution in [-0.4, -0.2) is 106 Å². The van der Waals surface area contributed by atoms with Gasteiger partial charge < -0.3 is 0 Å². The Hall–Kier alpha value is 0.710. The van der Waals surface area contributed by atoms with E-state index in [1.54, 1.807) is 6.92 Å². The van der Waals surface area contributed by atoms with Gasteiger partial charge in [-0.15, -0.1) is 0 Å². The van der Waals surface area contributed by atoms with Crippen LogP contribution in [0.1, 0.15) is 32.6 Å². The molecule has 1 aliphatic heterocycles. The molecule has 20 nitrogen and oxygen atoms in total. The topological polar surface area (TPSA) is 293 Å². The van der Waals surface area contributed by atoms with Crippen molar-refractivity contribution in [2.24, 2.45) is 5.92 Å². The number of hydrogen-bond donors (Lipinski definition) is 7. The minimum absolute atomic E-state index is 0.110. The average molecular weight is 720 g/mol. The molecule has 1 fully saturated rings. The van der Waals surface area contributed by atoms with E-state index < -0.39 is 104 Å². The van der Waals surface area contributed by atoms with Gasteiger partial charge in [0.05, 0.1) is 0 Å². The van der Waals surface area contributed by atoms with Gasteiger partial charge in [-0.2, -0.15) is 0 Å². The van der Waals surface area contributed by atoms with Gasteiger partial charge in [0.15, 0.2) is 0 Å². The van der Waals surface area contributed by atoms with Gasteiger partial charge in [-0.3, -0.25) is 0 Å². The monoisotopic (exact) mass is 720 g/mol. The summed E-state index contributed by atoms with van der Waals surface area (Å²) >= 11 is 0. The number of hydrogen-bond acceptors (Lipinski definition) is 15. The van der Waals surface area contributed by atoms with Crippen molar-refractivity contribution in [3.8, 4) is 0 Å². The third-order valence-corrected chi connectivity index (χ3v) is 11.5. The van der Waals surface area contributed by atoms with Gasteiger partial charge in [0, 0.05) is 0 Å².